The first-order valence-corrected chi connectivity index (χ1v) is 4.10. The van der Waals surface area contributed by atoms with Crippen LogP contribution in [0.25, 0.3) is 0 Å². The van der Waals surface area contributed by atoms with Gasteiger partial charge in [0.25, 0.3) is 5.70 Å². The zero-order valence-electron chi connectivity index (χ0n) is 7.25. The topological polar surface area (TPSA) is 68.4 Å². The van der Waals surface area contributed by atoms with Gasteiger partial charge < -0.3 is 0 Å². The summed E-state index contributed by atoms with van der Waals surface area (Å²) in [6, 6.07) is 5.25. The van der Waals surface area contributed by atoms with Gasteiger partial charge in [-0.2, -0.15) is 0 Å². The van der Waals surface area contributed by atoms with Crippen LogP contribution in [-0.4, -0.2) is 22.2 Å². The molecule has 1 aromatic heterocycles. The first kappa shape index (κ1) is 8.55. The van der Waals surface area contributed by atoms with E-state index in [0.29, 0.717) is 18.0 Å². The molecular weight excluding hydrogens is 182 g/mol. The number of pyridine rings is 1. The molecule has 0 radical (unpaired) electrons. The summed E-state index contributed by atoms with van der Waals surface area (Å²) in [6.45, 7) is 0.363. The van der Waals surface area contributed by atoms with Crippen LogP contribution in [0.4, 0.5) is 0 Å². The highest BCUT2D eigenvalue weighted by atomic mass is 16.6. The molecule has 0 bridgehead atoms. The Bertz CT molecular complexity index is 423. The second-order valence-electron chi connectivity index (χ2n) is 2.75. The van der Waals surface area contributed by atoms with Crippen LogP contribution in [0.15, 0.2) is 41.2 Å². The van der Waals surface area contributed by atoms with Gasteiger partial charge in [-0.1, -0.05) is 6.07 Å². The lowest BCUT2D eigenvalue weighted by Crippen LogP contribution is -2.11. The first-order valence-electron chi connectivity index (χ1n) is 4.10. The molecule has 0 spiro atoms. The van der Waals surface area contributed by atoms with Gasteiger partial charge in [0.1, 0.15) is 0 Å². The van der Waals surface area contributed by atoms with Gasteiger partial charge in [0.15, 0.2) is 5.71 Å². The van der Waals surface area contributed by atoms with Gasteiger partial charge in [-0.3, -0.25) is 20.1 Å². The van der Waals surface area contributed by atoms with E-state index >= 15 is 0 Å². The molecule has 5 heteroatoms. The Morgan fingerprint density at radius 3 is 2.93 bits per heavy atom. The van der Waals surface area contributed by atoms with Crippen molar-refractivity contribution in [3.05, 3.63) is 52.0 Å². The van der Waals surface area contributed by atoms with Crippen molar-refractivity contribution >= 4 is 5.71 Å². The molecule has 2 rings (SSSR count). The highest BCUT2D eigenvalue weighted by molar-refractivity contribution is 6.10. The maximum absolute atomic E-state index is 10.6. The van der Waals surface area contributed by atoms with E-state index in [1.807, 2.05) is 0 Å². The van der Waals surface area contributed by atoms with Crippen molar-refractivity contribution in [2.24, 2.45) is 4.99 Å². The molecule has 0 N–H and O–H groups in total. The van der Waals surface area contributed by atoms with Gasteiger partial charge in [0, 0.05) is 12.3 Å². The minimum atomic E-state index is -0.430. The lowest BCUT2D eigenvalue weighted by Gasteiger charge is -1.97. The summed E-state index contributed by atoms with van der Waals surface area (Å²) in [6.07, 6.45) is 3.08. The average molecular weight is 189 g/mol. The van der Waals surface area contributed by atoms with Crippen molar-refractivity contribution in [1.29, 1.82) is 0 Å². The Labute approximate surface area is 80.0 Å². The third-order valence-electron chi connectivity index (χ3n) is 1.88. The minimum absolute atomic E-state index is 0.0451. The highest BCUT2D eigenvalue weighted by Gasteiger charge is 2.24. The fourth-order valence-electron chi connectivity index (χ4n) is 1.28. The molecule has 14 heavy (non-hydrogen) atoms. The van der Waals surface area contributed by atoms with Crippen LogP contribution >= 0.6 is 0 Å². The second kappa shape index (κ2) is 3.37. The van der Waals surface area contributed by atoms with Crippen LogP contribution in [0, 0.1) is 10.1 Å². The average Bonchev–Trinajstić information content (AvgIpc) is 2.67. The Morgan fingerprint density at radius 2 is 2.29 bits per heavy atom. The van der Waals surface area contributed by atoms with Crippen LogP contribution < -0.4 is 0 Å². The Morgan fingerprint density at radius 1 is 1.43 bits per heavy atom. The first-order chi connectivity index (χ1) is 6.79. The summed E-state index contributed by atoms with van der Waals surface area (Å²) in [5, 5.41) is 10.6. The van der Waals surface area contributed by atoms with E-state index in [4.69, 9.17) is 0 Å². The second-order valence-corrected chi connectivity index (χ2v) is 2.75. The Kier molecular flexibility index (Phi) is 2.06. The number of hydrogen-bond acceptors (Lipinski definition) is 4. The lowest BCUT2D eigenvalue weighted by atomic mass is 10.2. The largest absolute Gasteiger partial charge is 0.294 e. The van der Waals surface area contributed by atoms with Crippen molar-refractivity contribution in [1.82, 2.24) is 4.98 Å². The highest BCUT2D eigenvalue weighted by Crippen LogP contribution is 2.12. The van der Waals surface area contributed by atoms with E-state index in [1.165, 1.54) is 6.08 Å². The van der Waals surface area contributed by atoms with Crippen LogP contribution in [0.3, 0.4) is 0 Å². The number of aromatic nitrogens is 1. The van der Waals surface area contributed by atoms with Gasteiger partial charge in [-0.05, 0) is 12.1 Å². The molecule has 1 aliphatic heterocycles. The standard InChI is InChI=1S/C9H7N3O2/c13-12(14)8-4-6-11-9(8)7-3-1-2-5-10-7/h1-5H,6H2. The molecule has 0 saturated carbocycles. The van der Waals surface area contributed by atoms with Gasteiger partial charge in [0.05, 0.1) is 17.2 Å². The predicted molar refractivity (Wildman–Crippen MR) is 50.7 cm³/mol. The molecule has 0 unspecified atom stereocenters. The summed E-state index contributed by atoms with van der Waals surface area (Å²) in [5.74, 6) is 0. The number of nitrogens with zero attached hydrogens (tertiary/aromatic N) is 3. The zero-order chi connectivity index (χ0) is 9.97. The molecule has 1 aliphatic rings. The van der Waals surface area contributed by atoms with Crippen molar-refractivity contribution in [3.8, 4) is 0 Å². The van der Waals surface area contributed by atoms with Gasteiger partial charge in [-0.25, -0.2) is 0 Å². The third kappa shape index (κ3) is 1.39. The summed E-state index contributed by atoms with van der Waals surface area (Å²) in [4.78, 5) is 18.2. The summed E-state index contributed by atoms with van der Waals surface area (Å²) < 4.78 is 0. The van der Waals surface area contributed by atoms with Crippen LogP contribution in [0.1, 0.15) is 5.69 Å². The minimum Gasteiger partial charge on any atom is -0.272 e. The summed E-state index contributed by atoms with van der Waals surface area (Å²) in [5.41, 5.74) is 0.965. The quantitative estimate of drug-likeness (QED) is 0.515. The maximum atomic E-state index is 10.6. The molecule has 0 fully saturated rings. The fraction of sp³-hybridized carbons (Fsp3) is 0.111. The summed E-state index contributed by atoms with van der Waals surface area (Å²) in [7, 11) is 0. The molecule has 70 valence electrons. The van der Waals surface area contributed by atoms with E-state index in [0.717, 1.165) is 0 Å². The third-order valence-corrected chi connectivity index (χ3v) is 1.88. The number of hydrogen-bond donors (Lipinski definition) is 0. The van der Waals surface area contributed by atoms with E-state index in [9.17, 15) is 10.1 Å². The summed E-state index contributed by atoms with van der Waals surface area (Å²) >= 11 is 0. The van der Waals surface area contributed by atoms with Crippen molar-refractivity contribution in [3.63, 3.8) is 0 Å². The van der Waals surface area contributed by atoms with E-state index in [1.54, 1.807) is 24.4 Å². The number of allylic oxidation sites excluding steroid dienone is 1. The fourth-order valence-corrected chi connectivity index (χ4v) is 1.28. The van der Waals surface area contributed by atoms with E-state index in [-0.39, 0.29) is 5.70 Å². The molecule has 2 heterocycles. The molecule has 1 aromatic rings. The van der Waals surface area contributed by atoms with Gasteiger partial charge in [-0.15, -0.1) is 0 Å². The molecule has 0 aliphatic carbocycles. The van der Waals surface area contributed by atoms with E-state index in [2.05, 4.69) is 9.98 Å². The normalized spacial score (nSPS) is 14.9. The lowest BCUT2D eigenvalue weighted by molar-refractivity contribution is -0.414. The molecule has 0 amide bonds. The van der Waals surface area contributed by atoms with Crippen LogP contribution in [0.2, 0.25) is 0 Å². The smallest absolute Gasteiger partial charge is 0.272 e. The van der Waals surface area contributed by atoms with Gasteiger partial charge in [0.2, 0.25) is 0 Å². The number of aliphatic imine (C=N–C) groups is 1. The van der Waals surface area contributed by atoms with Crippen molar-refractivity contribution in [2.45, 2.75) is 0 Å². The molecule has 0 aromatic carbocycles. The maximum Gasteiger partial charge on any atom is 0.294 e. The number of nitro groups is 1. The number of rotatable bonds is 2. The van der Waals surface area contributed by atoms with Crippen molar-refractivity contribution in [2.75, 3.05) is 6.54 Å². The molecule has 0 saturated heterocycles. The van der Waals surface area contributed by atoms with Crippen molar-refractivity contribution < 1.29 is 4.92 Å². The molecule has 0 atom stereocenters. The predicted octanol–water partition coefficient (Wildman–Crippen LogP) is 1.04. The van der Waals surface area contributed by atoms with Crippen LogP contribution in [0.5, 0.6) is 0 Å². The molecule has 5 nitrogen and oxygen atoms in total. The zero-order valence-corrected chi connectivity index (χ0v) is 7.25. The van der Waals surface area contributed by atoms with E-state index < -0.39 is 4.92 Å². The Balaban J connectivity index is 2.38. The van der Waals surface area contributed by atoms with Gasteiger partial charge >= 0.3 is 0 Å². The Hall–Kier alpha value is -2.04. The van der Waals surface area contributed by atoms with Crippen LogP contribution in [-0.2, 0) is 0 Å². The molecular formula is C9H7N3O2. The monoisotopic (exact) mass is 189 g/mol. The SMILES string of the molecule is O=[N+]([O-])C1=CCN=C1c1ccccn1.